The first kappa shape index (κ1) is 21.8. The summed E-state index contributed by atoms with van der Waals surface area (Å²) in [6.45, 7) is 2.72. The number of benzene rings is 1. The third-order valence-corrected chi connectivity index (χ3v) is 5.61. The van der Waals surface area contributed by atoms with Crippen molar-refractivity contribution in [2.75, 3.05) is 18.0 Å². The first-order valence-corrected chi connectivity index (χ1v) is 10.3. The number of nitrogens with zero attached hydrogens (tertiary/aromatic N) is 4. The molecule has 3 aromatic rings. The van der Waals surface area contributed by atoms with Crippen LogP contribution in [0.2, 0.25) is 0 Å². The topological polar surface area (TPSA) is 80.1 Å². The first-order chi connectivity index (χ1) is 15.2. The summed E-state index contributed by atoms with van der Waals surface area (Å²) in [7, 11) is 0. The number of fused-ring (bicyclic) bond motifs is 1. The van der Waals surface area contributed by atoms with Gasteiger partial charge in [0, 0.05) is 30.7 Å². The molecule has 1 aliphatic heterocycles. The summed E-state index contributed by atoms with van der Waals surface area (Å²) in [6.07, 6.45) is -2.34. The minimum absolute atomic E-state index is 0.0922. The van der Waals surface area contributed by atoms with Crippen molar-refractivity contribution in [2.45, 2.75) is 38.5 Å². The Labute approximate surface area is 181 Å². The third kappa shape index (κ3) is 4.58. The van der Waals surface area contributed by atoms with Gasteiger partial charge in [0.2, 0.25) is 5.91 Å². The number of amides is 1. The number of carbonyl (C=O) groups excluding carboxylic acids is 1. The fraction of sp³-hybridized carbons (Fsp3) is 0.364. The largest absolute Gasteiger partial charge is 0.417 e. The Morgan fingerprint density at radius 1 is 1.12 bits per heavy atom. The average Bonchev–Trinajstić information content (AvgIpc) is 2.77. The van der Waals surface area contributed by atoms with Gasteiger partial charge in [-0.25, -0.2) is 9.67 Å². The van der Waals surface area contributed by atoms with Gasteiger partial charge in [-0.05, 0) is 38.0 Å². The molecule has 1 fully saturated rings. The molecule has 1 aromatic carbocycles. The Bertz CT molecular complexity index is 1180. The lowest BCUT2D eigenvalue weighted by atomic mass is 10.0. The van der Waals surface area contributed by atoms with Crippen molar-refractivity contribution in [3.63, 3.8) is 0 Å². The number of alkyl halides is 3. The molecular formula is C22H22F3N5O2. The SMILES string of the molecule is Cc1nn(CC(=O)NC2CCN(c3ccc(C(F)(F)F)cn3)CC2)c(=O)c2ccccc12. The van der Waals surface area contributed by atoms with Crippen LogP contribution >= 0.6 is 0 Å². The lowest BCUT2D eigenvalue weighted by Gasteiger charge is -2.33. The van der Waals surface area contributed by atoms with Gasteiger partial charge in [-0.15, -0.1) is 0 Å². The highest BCUT2D eigenvalue weighted by Crippen LogP contribution is 2.29. The van der Waals surface area contributed by atoms with Crippen LogP contribution in [0.25, 0.3) is 10.8 Å². The smallest absolute Gasteiger partial charge is 0.356 e. The monoisotopic (exact) mass is 445 g/mol. The highest BCUT2D eigenvalue weighted by atomic mass is 19.4. The Morgan fingerprint density at radius 2 is 1.81 bits per heavy atom. The van der Waals surface area contributed by atoms with Crippen LogP contribution in [0.5, 0.6) is 0 Å². The van der Waals surface area contributed by atoms with Crippen molar-refractivity contribution in [1.82, 2.24) is 20.1 Å². The Morgan fingerprint density at radius 3 is 2.44 bits per heavy atom. The lowest BCUT2D eigenvalue weighted by Crippen LogP contribution is -2.46. The molecule has 0 spiro atoms. The van der Waals surface area contributed by atoms with E-state index in [1.165, 1.54) is 10.7 Å². The molecule has 7 nitrogen and oxygen atoms in total. The number of anilines is 1. The molecule has 4 rings (SSSR count). The van der Waals surface area contributed by atoms with E-state index in [1.807, 2.05) is 17.0 Å². The zero-order valence-electron chi connectivity index (χ0n) is 17.4. The number of nitrogens with one attached hydrogen (secondary N) is 1. The molecule has 1 amide bonds. The van der Waals surface area contributed by atoms with Gasteiger partial charge < -0.3 is 10.2 Å². The molecule has 10 heteroatoms. The van der Waals surface area contributed by atoms with E-state index in [0.29, 0.717) is 42.8 Å². The molecule has 1 N–H and O–H groups in total. The number of pyridine rings is 1. The predicted octanol–water partition coefficient (Wildman–Crippen LogP) is 2.90. The fourth-order valence-electron chi connectivity index (χ4n) is 3.91. The van der Waals surface area contributed by atoms with Crippen LogP contribution < -0.4 is 15.8 Å². The fourth-order valence-corrected chi connectivity index (χ4v) is 3.91. The highest BCUT2D eigenvalue weighted by Gasteiger charge is 2.31. The van der Waals surface area contributed by atoms with Crippen LogP contribution in [0.15, 0.2) is 47.4 Å². The van der Waals surface area contributed by atoms with Crippen LogP contribution in [-0.4, -0.2) is 39.8 Å². The molecule has 2 aromatic heterocycles. The average molecular weight is 445 g/mol. The molecule has 0 saturated carbocycles. The summed E-state index contributed by atoms with van der Waals surface area (Å²) >= 11 is 0. The number of halogens is 3. The van der Waals surface area contributed by atoms with E-state index in [0.717, 1.165) is 17.6 Å². The standard InChI is InChI=1S/C22H22F3N5O2/c1-14-17-4-2-3-5-18(17)21(32)30(28-14)13-20(31)27-16-8-10-29(11-9-16)19-7-6-15(12-26-19)22(23,24)25/h2-7,12,16H,8-11,13H2,1H3,(H,27,31). The van der Waals surface area contributed by atoms with Gasteiger partial charge in [-0.3, -0.25) is 9.59 Å². The molecule has 0 radical (unpaired) electrons. The second-order valence-electron chi connectivity index (χ2n) is 7.83. The van der Waals surface area contributed by atoms with Gasteiger partial charge in [-0.2, -0.15) is 18.3 Å². The first-order valence-electron chi connectivity index (χ1n) is 10.3. The molecular weight excluding hydrogens is 423 g/mol. The van der Waals surface area contributed by atoms with Crippen LogP contribution in [0.4, 0.5) is 19.0 Å². The van der Waals surface area contributed by atoms with Crippen molar-refractivity contribution in [2.24, 2.45) is 0 Å². The summed E-state index contributed by atoms with van der Waals surface area (Å²) in [6, 6.07) is 9.43. The van der Waals surface area contributed by atoms with E-state index in [-0.39, 0.29) is 24.1 Å². The lowest BCUT2D eigenvalue weighted by molar-refractivity contribution is -0.137. The quantitative estimate of drug-likeness (QED) is 0.668. The highest BCUT2D eigenvalue weighted by molar-refractivity contribution is 5.83. The molecule has 3 heterocycles. The molecule has 0 aliphatic carbocycles. The van der Waals surface area contributed by atoms with E-state index < -0.39 is 11.7 Å². The number of carbonyl (C=O) groups is 1. The molecule has 1 saturated heterocycles. The second-order valence-corrected chi connectivity index (χ2v) is 7.83. The van der Waals surface area contributed by atoms with Gasteiger partial charge in [0.25, 0.3) is 5.56 Å². The maximum atomic E-state index is 12.7. The summed E-state index contributed by atoms with van der Waals surface area (Å²) in [5.74, 6) is 0.172. The summed E-state index contributed by atoms with van der Waals surface area (Å²) < 4.78 is 39.3. The molecule has 168 valence electrons. The second kappa shape index (κ2) is 8.60. The Hall–Kier alpha value is -3.43. The summed E-state index contributed by atoms with van der Waals surface area (Å²) in [5, 5.41) is 8.47. The van der Waals surface area contributed by atoms with Crippen LogP contribution in [-0.2, 0) is 17.5 Å². The minimum atomic E-state index is -4.41. The number of rotatable bonds is 4. The zero-order valence-corrected chi connectivity index (χ0v) is 17.4. The number of piperidine rings is 1. The van der Waals surface area contributed by atoms with Crippen LogP contribution in [0, 0.1) is 6.92 Å². The molecule has 0 atom stereocenters. The third-order valence-electron chi connectivity index (χ3n) is 5.61. The van der Waals surface area contributed by atoms with E-state index in [9.17, 15) is 22.8 Å². The maximum Gasteiger partial charge on any atom is 0.417 e. The maximum absolute atomic E-state index is 12.7. The number of hydrogen-bond acceptors (Lipinski definition) is 5. The van der Waals surface area contributed by atoms with Gasteiger partial charge >= 0.3 is 6.18 Å². The summed E-state index contributed by atoms with van der Waals surface area (Å²) in [5.41, 5.74) is -0.425. The van der Waals surface area contributed by atoms with Crippen molar-refractivity contribution < 1.29 is 18.0 Å². The van der Waals surface area contributed by atoms with Gasteiger partial charge in [-0.1, -0.05) is 18.2 Å². The normalized spacial score (nSPS) is 15.2. The molecule has 0 unspecified atom stereocenters. The van der Waals surface area contributed by atoms with Crippen LogP contribution in [0.1, 0.15) is 24.1 Å². The molecule has 0 bridgehead atoms. The predicted molar refractivity (Wildman–Crippen MR) is 113 cm³/mol. The van der Waals surface area contributed by atoms with Gasteiger partial charge in [0.05, 0.1) is 16.6 Å². The Kier molecular flexibility index (Phi) is 5.86. The van der Waals surface area contributed by atoms with E-state index in [2.05, 4.69) is 15.4 Å². The van der Waals surface area contributed by atoms with E-state index in [4.69, 9.17) is 0 Å². The number of aromatic nitrogens is 3. The van der Waals surface area contributed by atoms with Crippen molar-refractivity contribution in [3.05, 3.63) is 64.2 Å². The number of aryl methyl sites for hydroxylation is 1. The van der Waals surface area contributed by atoms with E-state index in [1.54, 1.807) is 19.1 Å². The van der Waals surface area contributed by atoms with Crippen molar-refractivity contribution in [3.8, 4) is 0 Å². The van der Waals surface area contributed by atoms with Crippen LogP contribution in [0.3, 0.4) is 0 Å². The zero-order chi connectivity index (χ0) is 22.9. The molecule has 32 heavy (non-hydrogen) atoms. The van der Waals surface area contributed by atoms with Crippen molar-refractivity contribution in [1.29, 1.82) is 0 Å². The number of hydrogen-bond donors (Lipinski definition) is 1. The Balaban J connectivity index is 1.35. The van der Waals surface area contributed by atoms with E-state index >= 15 is 0 Å². The molecule has 1 aliphatic rings. The minimum Gasteiger partial charge on any atom is -0.356 e. The van der Waals surface area contributed by atoms with Crippen molar-refractivity contribution >= 4 is 22.5 Å². The summed E-state index contributed by atoms with van der Waals surface area (Å²) in [4.78, 5) is 31.0. The van der Waals surface area contributed by atoms with Gasteiger partial charge in [0.15, 0.2) is 0 Å². The van der Waals surface area contributed by atoms with Gasteiger partial charge in [0.1, 0.15) is 12.4 Å².